The van der Waals surface area contributed by atoms with E-state index in [9.17, 15) is 0 Å². The first-order valence-corrected chi connectivity index (χ1v) is 4.19. The van der Waals surface area contributed by atoms with Crippen LogP contribution in [0, 0.1) is 0 Å². The van der Waals surface area contributed by atoms with Crippen LogP contribution in [-0.4, -0.2) is 16.3 Å². The molecule has 0 aliphatic carbocycles. The van der Waals surface area contributed by atoms with Gasteiger partial charge in [-0.3, -0.25) is 0 Å². The minimum atomic E-state index is 0.316. The smallest absolute Gasteiger partial charge is 0.122 e. The molecule has 4 nitrogen and oxygen atoms in total. The second-order valence-corrected chi connectivity index (χ2v) is 3.14. The van der Waals surface area contributed by atoms with Crippen molar-refractivity contribution < 1.29 is 0 Å². The zero-order valence-corrected chi connectivity index (χ0v) is 7.62. The van der Waals surface area contributed by atoms with Crippen LogP contribution in [0.15, 0.2) is 6.07 Å². The lowest BCUT2D eigenvalue weighted by Crippen LogP contribution is -2.08. The summed E-state index contributed by atoms with van der Waals surface area (Å²) in [7, 11) is 0. The number of nitrogens with two attached hydrogens (primary N) is 2. The maximum Gasteiger partial charge on any atom is 0.122 e. The van der Waals surface area contributed by atoms with Gasteiger partial charge in [0.15, 0.2) is 0 Å². The highest BCUT2D eigenvalue weighted by Crippen LogP contribution is 2.12. The third-order valence-electron chi connectivity index (χ3n) is 1.70. The molecule has 0 aromatic carbocycles. The Kier molecular flexibility index (Phi) is 2.70. The molecule has 0 spiro atoms. The van der Waals surface area contributed by atoms with Gasteiger partial charge in [-0.2, -0.15) is 5.10 Å². The molecule has 4 N–H and O–H groups in total. The Morgan fingerprint density at radius 3 is 2.67 bits per heavy atom. The third-order valence-corrected chi connectivity index (χ3v) is 1.70. The molecule has 0 aliphatic heterocycles. The van der Waals surface area contributed by atoms with Gasteiger partial charge < -0.3 is 11.5 Å². The number of aromatic nitrogens is 2. The first kappa shape index (κ1) is 9.06. The Labute approximate surface area is 72.5 Å². The van der Waals surface area contributed by atoms with Gasteiger partial charge in [0.05, 0.1) is 5.69 Å². The number of hydrogen-bond donors (Lipinski definition) is 2. The predicted molar refractivity (Wildman–Crippen MR) is 49.8 cm³/mol. The van der Waals surface area contributed by atoms with Gasteiger partial charge in [-0.25, -0.2) is 4.68 Å². The summed E-state index contributed by atoms with van der Waals surface area (Å²) < 4.78 is 1.81. The van der Waals surface area contributed by atoms with Crippen LogP contribution in [0.25, 0.3) is 0 Å². The minimum Gasteiger partial charge on any atom is -0.384 e. The second kappa shape index (κ2) is 3.58. The van der Waals surface area contributed by atoms with E-state index in [2.05, 4.69) is 18.9 Å². The summed E-state index contributed by atoms with van der Waals surface area (Å²) in [6, 6.07) is 2.20. The molecule has 0 radical (unpaired) electrons. The SMILES string of the molecule is CC(C)n1nc(CCN)cc1N. The molecule has 0 unspecified atom stereocenters. The monoisotopic (exact) mass is 168 g/mol. The summed E-state index contributed by atoms with van der Waals surface area (Å²) in [5, 5.41) is 4.31. The molecule has 0 saturated carbocycles. The van der Waals surface area contributed by atoms with E-state index in [-0.39, 0.29) is 0 Å². The van der Waals surface area contributed by atoms with E-state index in [4.69, 9.17) is 11.5 Å². The van der Waals surface area contributed by atoms with Crippen LogP contribution in [0.5, 0.6) is 0 Å². The van der Waals surface area contributed by atoms with Crippen LogP contribution >= 0.6 is 0 Å². The average Bonchev–Trinajstić information content (AvgIpc) is 2.32. The maximum atomic E-state index is 5.73. The van der Waals surface area contributed by atoms with E-state index in [1.165, 1.54) is 0 Å². The fourth-order valence-corrected chi connectivity index (χ4v) is 1.15. The summed E-state index contributed by atoms with van der Waals surface area (Å²) in [6.45, 7) is 4.72. The zero-order chi connectivity index (χ0) is 9.14. The summed E-state index contributed by atoms with van der Waals surface area (Å²) in [5.41, 5.74) is 12.1. The molecular formula is C8H16N4. The van der Waals surface area contributed by atoms with Crippen molar-refractivity contribution in [3.8, 4) is 0 Å². The normalized spacial score (nSPS) is 11.0. The second-order valence-electron chi connectivity index (χ2n) is 3.14. The highest BCUT2D eigenvalue weighted by Gasteiger charge is 2.06. The van der Waals surface area contributed by atoms with Gasteiger partial charge in [0, 0.05) is 18.5 Å². The van der Waals surface area contributed by atoms with E-state index in [1.54, 1.807) is 0 Å². The molecule has 1 aromatic heterocycles. The molecule has 1 heterocycles. The standard InChI is InChI=1S/C8H16N4/c1-6(2)12-8(10)5-7(11-12)3-4-9/h5-6H,3-4,9-10H2,1-2H3. The average molecular weight is 168 g/mol. The topological polar surface area (TPSA) is 69.9 Å². The van der Waals surface area contributed by atoms with Gasteiger partial charge >= 0.3 is 0 Å². The van der Waals surface area contributed by atoms with Crippen molar-refractivity contribution in [3.63, 3.8) is 0 Å². The fraction of sp³-hybridized carbons (Fsp3) is 0.625. The molecule has 0 saturated heterocycles. The van der Waals surface area contributed by atoms with E-state index < -0.39 is 0 Å². The lowest BCUT2D eigenvalue weighted by atomic mass is 10.3. The lowest BCUT2D eigenvalue weighted by Gasteiger charge is -2.06. The Hall–Kier alpha value is -1.03. The Morgan fingerprint density at radius 1 is 1.58 bits per heavy atom. The van der Waals surface area contributed by atoms with Gasteiger partial charge in [0.25, 0.3) is 0 Å². The number of nitrogens with zero attached hydrogens (tertiary/aromatic N) is 2. The molecule has 0 aliphatic rings. The van der Waals surface area contributed by atoms with E-state index in [1.807, 2.05) is 10.7 Å². The highest BCUT2D eigenvalue weighted by molar-refractivity contribution is 5.31. The van der Waals surface area contributed by atoms with Crippen LogP contribution < -0.4 is 11.5 Å². The van der Waals surface area contributed by atoms with Crippen molar-refractivity contribution in [2.24, 2.45) is 5.73 Å². The molecule has 1 aromatic rings. The quantitative estimate of drug-likeness (QED) is 0.692. The first-order chi connectivity index (χ1) is 5.65. The number of nitrogen functional groups attached to an aromatic ring is 1. The van der Waals surface area contributed by atoms with Gasteiger partial charge in [0.1, 0.15) is 5.82 Å². The number of hydrogen-bond acceptors (Lipinski definition) is 3. The molecule has 0 atom stereocenters. The predicted octanol–water partition coefficient (Wildman–Crippen LogP) is 0.547. The van der Waals surface area contributed by atoms with Crippen LogP contribution in [0.4, 0.5) is 5.82 Å². The van der Waals surface area contributed by atoms with Crippen molar-refractivity contribution in [1.29, 1.82) is 0 Å². The Morgan fingerprint density at radius 2 is 2.25 bits per heavy atom. The minimum absolute atomic E-state index is 0.316. The maximum absolute atomic E-state index is 5.73. The molecule has 0 fully saturated rings. The number of rotatable bonds is 3. The van der Waals surface area contributed by atoms with E-state index >= 15 is 0 Å². The molecule has 1 rings (SSSR count). The third kappa shape index (κ3) is 1.76. The first-order valence-electron chi connectivity index (χ1n) is 4.19. The van der Waals surface area contributed by atoms with Gasteiger partial charge in [0.2, 0.25) is 0 Å². The van der Waals surface area contributed by atoms with Gasteiger partial charge in [-0.15, -0.1) is 0 Å². The van der Waals surface area contributed by atoms with Crippen molar-refractivity contribution in [2.75, 3.05) is 12.3 Å². The Balaban J connectivity index is 2.85. The zero-order valence-electron chi connectivity index (χ0n) is 7.62. The summed E-state index contributed by atoms with van der Waals surface area (Å²) in [5.74, 6) is 0.716. The Bertz CT molecular complexity index is 252. The molecule has 12 heavy (non-hydrogen) atoms. The summed E-state index contributed by atoms with van der Waals surface area (Å²) in [6.07, 6.45) is 0.796. The van der Waals surface area contributed by atoms with E-state index in [0.717, 1.165) is 12.1 Å². The van der Waals surface area contributed by atoms with Crippen molar-refractivity contribution in [2.45, 2.75) is 26.3 Å². The van der Waals surface area contributed by atoms with Crippen molar-refractivity contribution in [1.82, 2.24) is 9.78 Å². The highest BCUT2D eigenvalue weighted by atomic mass is 15.3. The van der Waals surface area contributed by atoms with Crippen LogP contribution in [0.1, 0.15) is 25.6 Å². The largest absolute Gasteiger partial charge is 0.384 e. The molecule has 0 amide bonds. The summed E-state index contributed by atoms with van der Waals surface area (Å²) >= 11 is 0. The van der Waals surface area contributed by atoms with E-state index in [0.29, 0.717) is 18.4 Å². The van der Waals surface area contributed by atoms with Crippen LogP contribution in [0.3, 0.4) is 0 Å². The molecule has 0 bridgehead atoms. The number of anilines is 1. The van der Waals surface area contributed by atoms with Crippen molar-refractivity contribution >= 4 is 5.82 Å². The molecule has 68 valence electrons. The lowest BCUT2D eigenvalue weighted by molar-refractivity contribution is 0.534. The van der Waals surface area contributed by atoms with Crippen molar-refractivity contribution in [3.05, 3.63) is 11.8 Å². The van der Waals surface area contributed by atoms with Gasteiger partial charge in [-0.05, 0) is 20.4 Å². The summed E-state index contributed by atoms with van der Waals surface area (Å²) in [4.78, 5) is 0. The van der Waals surface area contributed by atoms with Crippen LogP contribution in [0.2, 0.25) is 0 Å². The van der Waals surface area contributed by atoms with Gasteiger partial charge in [-0.1, -0.05) is 0 Å². The molecule has 4 heteroatoms. The fourth-order valence-electron chi connectivity index (χ4n) is 1.15. The molecular weight excluding hydrogens is 152 g/mol. The van der Waals surface area contributed by atoms with Crippen LogP contribution in [-0.2, 0) is 6.42 Å².